The Balaban J connectivity index is -0.000000274. The van der Waals surface area contributed by atoms with Crippen molar-refractivity contribution in [1.82, 2.24) is 0 Å². The van der Waals surface area contributed by atoms with Crippen LogP contribution in [0.15, 0.2) is 30.3 Å². The van der Waals surface area contributed by atoms with Gasteiger partial charge in [0.2, 0.25) is 0 Å². The number of ether oxygens (including phenoxy) is 8. The highest BCUT2D eigenvalue weighted by molar-refractivity contribution is 5.75. The Morgan fingerprint density at radius 1 is 0.257 bits per heavy atom. The molecule has 0 radical (unpaired) electrons. The van der Waals surface area contributed by atoms with Crippen molar-refractivity contribution in [3.8, 4) is 5.75 Å². The summed E-state index contributed by atoms with van der Waals surface area (Å²) in [4.78, 5) is 89.5. The second kappa shape index (κ2) is 84.6. The van der Waals surface area contributed by atoms with Gasteiger partial charge in [-0.05, 0) is 101 Å². The van der Waals surface area contributed by atoms with E-state index in [0.29, 0.717) is 50.6 Å². The van der Waals surface area contributed by atoms with Crippen molar-refractivity contribution in [2.24, 2.45) is 53.3 Å². The van der Waals surface area contributed by atoms with Crippen LogP contribution in [0.25, 0.3) is 0 Å². The van der Waals surface area contributed by atoms with Gasteiger partial charge in [-0.3, -0.25) is 38.4 Å². The molecule has 1 aromatic rings. The minimum absolute atomic E-state index is 0.0272. The van der Waals surface area contributed by atoms with E-state index in [0.717, 1.165) is 77.0 Å². The van der Waals surface area contributed by atoms with E-state index in [1.54, 1.807) is 19.1 Å². The van der Waals surface area contributed by atoms with Crippen LogP contribution in [0, 0.1) is 53.3 Å². The molecule has 620 valence electrons. The van der Waals surface area contributed by atoms with Crippen molar-refractivity contribution in [2.75, 3.05) is 46.2 Å². The van der Waals surface area contributed by atoms with E-state index in [2.05, 4.69) is 53.2 Å². The third-order valence-electron chi connectivity index (χ3n) is 18.9. The van der Waals surface area contributed by atoms with Gasteiger partial charge in [-0.15, -0.1) is 0 Å². The second-order valence-electron chi connectivity index (χ2n) is 28.7. The quantitative estimate of drug-likeness (QED) is 0.0257. The van der Waals surface area contributed by atoms with Gasteiger partial charge in [0.15, 0.2) is 0 Å². The van der Waals surface area contributed by atoms with E-state index < -0.39 is 0 Å². The molecule has 0 aliphatic heterocycles. The molecule has 0 aromatic heterocycles. The Kier molecular flexibility index (Phi) is 89.4. The number of benzene rings is 1. The highest BCUT2D eigenvalue weighted by Crippen LogP contribution is 2.18. The molecule has 1 rings (SSSR count). The Morgan fingerprint density at radius 2 is 0.486 bits per heavy atom. The lowest BCUT2D eigenvalue weighted by atomic mass is 10.0. The molecule has 0 aliphatic rings. The van der Waals surface area contributed by atoms with Crippen molar-refractivity contribution in [2.45, 2.75) is 390 Å². The molecule has 0 heterocycles. The van der Waals surface area contributed by atoms with Crippen molar-refractivity contribution >= 4 is 47.8 Å². The molecule has 105 heavy (non-hydrogen) atoms. The lowest BCUT2D eigenvalue weighted by molar-refractivity contribution is -0.153. The molecule has 0 fully saturated rings. The van der Waals surface area contributed by atoms with Gasteiger partial charge < -0.3 is 37.9 Å². The molecule has 0 bridgehead atoms. The maximum Gasteiger partial charge on any atom is 0.314 e. The first kappa shape index (κ1) is 111. The molecule has 9 atom stereocenters. The zero-order chi connectivity index (χ0) is 80.7. The smallest absolute Gasteiger partial charge is 0.314 e. The summed E-state index contributed by atoms with van der Waals surface area (Å²) in [7, 11) is 0. The van der Waals surface area contributed by atoms with E-state index in [-0.39, 0.29) is 102 Å². The molecule has 0 aliphatic carbocycles. The summed E-state index contributed by atoms with van der Waals surface area (Å²) >= 11 is 0. The minimum Gasteiger partial charge on any atom is -0.465 e. The number of carbonyl (C=O) groups excluding carboxylic acids is 8. The zero-order valence-corrected chi connectivity index (χ0v) is 72.2. The molecular weight excluding hydrogens is 1320 g/mol. The monoisotopic (exact) mass is 1490 g/mol. The number of esters is 8. The van der Waals surface area contributed by atoms with Crippen LogP contribution >= 0.6 is 0 Å². The van der Waals surface area contributed by atoms with Crippen molar-refractivity contribution in [1.29, 1.82) is 0 Å². The van der Waals surface area contributed by atoms with Crippen molar-refractivity contribution < 1.29 is 76.3 Å². The van der Waals surface area contributed by atoms with Crippen LogP contribution in [0.1, 0.15) is 390 Å². The molecule has 16 heteroatoms. The molecule has 16 nitrogen and oxygen atoms in total. The Labute approximate surface area is 646 Å². The van der Waals surface area contributed by atoms with Crippen LogP contribution < -0.4 is 4.74 Å². The van der Waals surface area contributed by atoms with Gasteiger partial charge in [-0.2, -0.15) is 0 Å². The molecule has 0 saturated heterocycles. The third kappa shape index (κ3) is 78.4. The van der Waals surface area contributed by atoms with Gasteiger partial charge >= 0.3 is 47.8 Å². The van der Waals surface area contributed by atoms with Crippen LogP contribution in [0.3, 0.4) is 0 Å². The maximum absolute atomic E-state index is 11.5. The van der Waals surface area contributed by atoms with Crippen molar-refractivity contribution in [3.05, 3.63) is 30.3 Å². The van der Waals surface area contributed by atoms with Gasteiger partial charge in [0.05, 0.1) is 74.5 Å². The topological polar surface area (TPSA) is 210 Å². The lowest BCUT2D eigenvalue weighted by Gasteiger charge is -2.16. The SMILES string of the molecule is CCC(C)C(=O)OCCOC(C)=O.CCC(C)C(=O)Oc1ccccc1.CCCCC(CC)COC(=O)C(C)CC.CCCCC(CC)COC(=O)C(C)CC.CCCCCCCCCCCCCCOC(=O)C(C)CC.CCCCCCCCOC(=O)C(C)CC.CCCCCCOC(=O)C(C)CC. The second-order valence-corrected chi connectivity index (χ2v) is 28.7. The van der Waals surface area contributed by atoms with Crippen LogP contribution in [0.5, 0.6) is 5.75 Å². The molecular formula is C89H168O16. The summed E-state index contributed by atoms with van der Waals surface area (Å²) in [6, 6.07) is 9.14. The number of para-hydroxylation sites is 1. The normalized spacial score (nSPS) is 13.0. The Morgan fingerprint density at radius 3 is 0.743 bits per heavy atom. The van der Waals surface area contributed by atoms with Crippen LogP contribution in [-0.2, 0) is 71.5 Å². The maximum atomic E-state index is 11.5. The van der Waals surface area contributed by atoms with E-state index in [4.69, 9.17) is 33.2 Å². The van der Waals surface area contributed by atoms with Crippen LogP contribution in [0.2, 0.25) is 0 Å². The summed E-state index contributed by atoms with van der Waals surface area (Å²) in [6.07, 6.45) is 43.5. The fraction of sp³-hybridized carbons (Fsp3) is 0.843. The van der Waals surface area contributed by atoms with Crippen LogP contribution in [-0.4, -0.2) is 94.0 Å². The van der Waals surface area contributed by atoms with Gasteiger partial charge in [0.25, 0.3) is 0 Å². The fourth-order valence-corrected chi connectivity index (χ4v) is 9.12. The van der Waals surface area contributed by atoms with Crippen LogP contribution in [0.4, 0.5) is 0 Å². The number of hydrogen-bond acceptors (Lipinski definition) is 16. The van der Waals surface area contributed by atoms with E-state index in [1.165, 1.54) is 167 Å². The number of rotatable bonds is 55. The van der Waals surface area contributed by atoms with E-state index >= 15 is 0 Å². The summed E-state index contributed by atoms with van der Waals surface area (Å²) in [6.45, 7) is 47.2. The first-order chi connectivity index (χ1) is 50.3. The largest absolute Gasteiger partial charge is 0.465 e. The lowest BCUT2D eigenvalue weighted by Crippen LogP contribution is -2.18. The van der Waals surface area contributed by atoms with Gasteiger partial charge in [-0.25, -0.2) is 0 Å². The standard InChI is InChI=1S/C19H38O2.3C13H26O2.C11H14O2.C11H22O2.C9H16O4/c1-4-6-7-8-9-10-11-12-13-14-15-16-17-21-19(20)18(3)5-2;2*1-5-8-9-12(7-3)10-15-13(14)11(4)6-2;1-4-6-7-8-9-10-11-15-13(14)12(3)5-2;1-3-9(2)11(12)13-10-7-5-4-6-8-10;1-4-6-7-8-9-13-11(12)10(3)5-2;1-4-7(2)9(11)13-6-5-12-8(3)10/h18H,4-17H2,1-3H3;2*11-12H,5-10H2,1-4H3;12H,4-11H2,1-3H3;4-9H,3H2,1-2H3;10H,4-9H2,1-3H3;7H,4-6H2,1-3H3. The summed E-state index contributed by atoms with van der Waals surface area (Å²) < 4.78 is 40.7. The fourth-order valence-electron chi connectivity index (χ4n) is 9.12. The molecule has 9 unspecified atom stereocenters. The average molecular weight is 1490 g/mol. The molecule has 1 aromatic carbocycles. The molecule has 0 N–H and O–H groups in total. The number of unbranched alkanes of at least 4 members (excludes halogenated alkanes) is 21. The van der Waals surface area contributed by atoms with E-state index in [1.807, 2.05) is 108 Å². The number of hydrogen-bond donors (Lipinski definition) is 0. The van der Waals surface area contributed by atoms with Gasteiger partial charge in [0, 0.05) is 6.92 Å². The first-order valence-electron chi connectivity index (χ1n) is 42.7. The van der Waals surface area contributed by atoms with E-state index in [9.17, 15) is 38.4 Å². The Bertz CT molecular complexity index is 2060. The predicted molar refractivity (Wildman–Crippen MR) is 436 cm³/mol. The van der Waals surface area contributed by atoms with Gasteiger partial charge in [-0.1, -0.05) is 324 Å². The zero-order valence-electron chi connectivity index (χ0n) is 72.2. The summed E-state index contributed by atoms with van der Waals surface area (Å²) in [5.74, 6) is 0.954. The molecule has 0 spiro atoms. The minimum atomic E-state index is -0.361. The highest BCUT2D eigenvalue weighted by atomic mass is 16.6. The molecule has 0 amide bonds. The number of carbonyl (C=O) groups is 8. The average Bonchev–Trinajstić information content (AvgIpc) is 1.24. The van der Waals surface area contributed by atoms with Gasteiger partial charge in [0.1, 0.15) is 19.0 Å². The van der Waals surface area contributed by atoms with Crippen molar-refractivity contribution in [3.63, 3.8) is 0 Å². The summed E-state index contributed by atoms with van der Waals surface area (Å²) in [5, 5.41) is 0. The highest BCUT2D eigenvalue weighted by Gasteiger charge is 2.18. The molecule has 0 saturated carbocycles. The summed E-state index contributed by atoms with van der Waals surface area (Å²) in [5.41, 5.74) is 0. The predicted octanol–water partition coefficient (Wildman–Crippen LogP) is 24.7. The first-order valence-corrected chi connectivity index (χ1v) is 42.7. The third-order valence-corrected chi connectivity index (χ3v) is 18.9. The Hall–Kier alpha value is -5.02.